The van der Waals surface area contributed by atoms with Crippen LogP contribution in [0, 0.1) is 21.4 Å². The molecule has 1 aromatic heterocycles. The SMILES string of the molecule is CN(C)c1noc(C2CCN(c3cc(C#N)ccc3[N+](=O)[O-])CC2)n1. The number of nitrogens with zero attached hydrogens (tertiary/aromatic N) is 6. The fourth-order valence-corrected chi connectivity index (χ4v) is 2.94. The van der Waals surface area contributed by atoms with Gasteiger partial charge in [-0.05, 0) is 30.1 Å². The first-order valence-corrected chi connectivity index (χ1v) is 7.94. The smallest absolute Gasteiger partial charge is 0.292 e. The minimum absolute atomic E-state index is 0.0186. The second-order valence-electron chi connectivity index (χ2n) is 6.16. The van der Waals surface area contributed by atoms with Gasteiger partial charge in [0, 0.05) is 39.2 Å². The van der Waals surface area contributed by atoms with Gasteiger partial charge in [0.25, 0.3) is 11.6 Å². The number of hydrogen-bond donors (Lipinski definition) is 0. The highest BCUT2D eigenvalue weighted by Crippen LogP contribution is 2.35. The van der Waals surface area contributed by atoms with Crippen molar-refractivity contribution in [2.24, 2.45) is 0 Å². The zero-order chi connectivity index (χ0) is 18.0. The van der Waals surface area contributed by atoms with Gasteiger partial charge in [-0.15, -0.1) is 0 Å². The normalized spacial score (nSPS) is 15.0. The van der Waals surface area contributed by atoms with Gasteiger partial charge in [0.05, 0.1) is 16.6 Å². The maximum Gasteiger partial charge on any atom is 0.292 e. The van der Waals surface area contributed by atoms with Crippen LogP contribution in [0.1, 0.15) is 30.2 Å². The van der Waals surface area contributed by atoms with E-state index >= 15 is 0 Å². The van der Waals surface area contributed by atoms with E-state index in [1.165, 1.54) is 12.1 Å². The number of anilines is 2. The minimum Gasteiger partial charge on any atom is -0.366 e. The van der Waals surface area contributed by atoms with Crippen molar-refractivity contribution >= 4 is 17.3 Å². The average Bonchev–Trinajstić information content (AvgIpc) is 3.11. The van der Waals surface area contributed by atoms with Crippen LogP contribution < -0.4 is 9.80 Å². The number of nitro benzene ring substituents is 1. The molecule has 9 nitrogen and oxygen atoms in total. The Morgan fingerprint density at radius 3 is 2.68 bits per heavy atom. The van der Waals surface area contributed by atoms with Crippen molar-refractivity contribution in [3.05, 3.63) is 39.8 Å². The largest absolute Gasteiger partial charge is 0.366 e. The van der Waals surface area contributed by atoms with Gasteiger partial charge in [0.1, 0.15) is 5.69 Å². The van der Waals surface area contributed by atoms with E-state index in [4.69, 9.17) is 9.78 Å². The molecular weight excluding hydrogens is 324 g/mol. The third kappa shape index (κ3) is 3.38. The Morgan fingerprint density at radius 2 is 2.12 bits per heavy atom. The van der Waals surface area contributed by atoms with E-state index in [1.807, 2.05) is 25.1 Å². The quantitative estimate of drug-likeness (QED) is 0.614. The molecule has 0 atom stereocenters. The molecule has 1 saturated heterocycles. The first kappa shape index (κ1) is 16.7. The third-order valence-corrected chi connectivity index (χ3v) is 4.32. The molecule has 2 heterocycles. The molecule has 0 unspecified atom stereocenters. The topological polar surface area (TPSA) is 112 Å². The fourth-order valence-electron chi connectivity index (χ4n) is 2.94. The Bertz CT molecular complexity index is 818. The number of aromatic nitrogens is 2. The van der Waals surface area contributed by atoms with Crippen LogP contribution in [-0.2, 0) is 0 Å². The molecule has 0 aliphatic carbocycles. The van der Waals surface area contributed by atoms with Crippen LogP contribution in [0.5, 0.6) is 0 Å². The van der Waals surface area contributed by atoms with Crippen molar-refractivity contribution < 1.29 is 9.45 Å². The summed E-state index contributed by atoms with van der Waals surface area (Å²) in [5.74, 6) is 1.27. The maximum absolute atomic E-state index is 11.3. The molecule has 1 aliphatic rings. The van der Waals surface area contributed by atoms with Crippen LogP contribution in [0.2, 0.25) is 0 Å². The molecule has 130 valence electrons. The van der Waals surface area contributed by atoms with Crippen molar-refractivity contribution in [1.82, 2.24) is 10.1 Å². The second-order valence-corrected chi connectivity index (χ2v) is 6.16. The fraction of sp³-hybridized carbons (Fsp3) is 0.438. The van der Waals surface area contributed by atoms with E-state index < -0.39 is 4.92 Å². The van der Waals surface area contributed by atoms with Gasteiger partial charge in [0.15, 0.2) is 0 Å². The Kier molecular flexibility index (Phi) is 4.52. The summed E-state index contributed by atoms with van der Waals surface area (Å²) in [5, 5.41) is 24.3. The molecule has 0 bridgehead atoms. The molecule has 1 aliphatic heterocycles. The summed E-state index contributed by atoms with van der Waals surface area (Å²) in [7, 11) is 3.69. The maximum atomic E-state index is 11.3. The van der Waals surface area contributed by atoms with E-state index in [0.717, 1.165) is 12.8 Å². The number of nitriles is 1. The van der Waals surface area contributed by atoms with Crippen LogP contribution in [0.15, 0.2) is 22.7 Å². The molecule has 9 heteroatoms. The van der Waals surface area contributed by atoms with Gasteiger partial charge >= 0.3 is 0 Å². The molecular formula is C16H18N6O3. The van der Waals surface area contributed by atoms with E-state index in [0.29, 0.717) is 36.2 Å². The van der Waals surface area contributed by atoms with Crippen LogP contribution in [-0.4, -0.2) is 42.2 Å². The van der Waals surface area contributed by atoms with Crippen LogP contribution in [0.25, 0.3) is 0 Å². The summed E-state index contributed by atoms with van der Waals surface area (Å²) in [5.41, 5.74) is 0.919. The van der Waals surface area contributed by atoms with Gasteiger partial charge in [-0.25, -0.2) is 0 Å². The van der Waals surface area contributed by atoms with Crippen LogP contribution in [0.4, 0.5) is 17.3 Å². The summed E-state index contributed by atoms with van der Waals surface area (Å²) in [6.45, 7) is 1.25. The lowest BCUT2D eigenvalue weighted by molar-refractivity contribution is -0.384. The van der Waals surface area contributed by atoms with Crippen molar-refractivity contribution in [2.45, 2.75) is 18.8 Å². The average molecular weight is 342 g/mol. The Labute approximate surface area is 144 Å². The van der Waals surface area contributed by atoms with Gasteiger partial charge in [-0.3, -0.25) is 10.1 Å². The number of benzene rings is 1. The Morgan fingerprint density at radius 1 is 1.40 bits per heavy atom. The van der Waals surface area contributed by atoms with Crippen LogP contribution in [0.3, 0.4) is 0 Å². The zero-order valence-electron chi connectivity index (χ0n) is 14.0. The van der Waals surface area contributed by atoms with Gasteiger partial charge in [-0.1, -0.05) is 0 Å². The lowest BCUT2D eigenvalue weighted by atomic mass is 9.96. The van der Waals surface area contributed by atoms with E-state index in [1.54, 1.807) is 11.0 Å². The predicted molar refractivity (Wildman–Crippen MR) is 90.6 cm³/mol. The summed E-state index contributed by atoms with van der Waals surface area (Å²) in [6.07, 6.45) is 1.51. The minimum atomic E-state index is -0.413. The van der Waals surface area contributed by atoms with Crippen molar-refractivity contribution in [2.75, 3.05) is 37.0 Å². The van der Waals surface area contributed by atoms with Gasteiger partial charge in [0.2, 0.25) is 5.89 Å². The molecule has 3 rings (SSSR count). The molecule has 25 heavy (non-hydrogen) atoms. The molecule has 1 fully saturated rings. The monoisotopic (exact) mass is 342 g/mol. The second kappa shape index (κ2) is 6.76. The highest BCUT2D eigenvalue weighted by atomic mass is 16.6. The molecule has 0 spiro atoms. The van der Waals surface area contributed by atoms with Gasteiger partial charge in [-0.2, -0.15) is 10.2 Å². The zero-order valence-corrected chi connectivity index (χ0v) is 14.0. The first-order chi connectivity index (χ1) is 12.0. The van der Waals surface area contributed by atoms with Crippen LogP contribution >= 0.6 is 0 Å². The van der Waals surface area contributed by atoms with Gasteiger partial charge < -0.3 is 14.3 Å². The summed E-state index contributed by atoms with van der Waals surface area (Å²) in [4.78, 5) is 19.0. The molecule has 1 aromatic carbocycles. The number of rotatable bonds is 4. The highest BCUT2D eigenvalue weighted by molar-refractivity contribution is 5.66. The van der Waals surface area contributed by atoms with E-state index in [2.05, 4.69) is 10.1 Å². The molecule has 0 amide bonds. The number of hydrogen-bond acceptors (Lipinski definition) is 8. The lowest BCUT2D eigenvalue weighted by Crippen LogP contribution is -2.33. The summed E-state index contributed by atoms with van der Waals surface area (Å²) in [6, 6.07) is 6.47. The standard InChI is InChI=1S/C16H18N6O3/c1-20(2)16-18-15(25-19-16)12-5-7-21(8-6-12)14-9-11(10-17)3-4-13(14)22(23)24/h3-4,9,12H,5-8H2,1-2H3. The summed E-state index contributed by atoms with van der Waals surface area (Å²) >= 11 is 0. The molecule has 2 aromatic rings. The number of piperidine rings is 1. The van der Waals surface area contributed by atoms with Crippen molar-refractivity contribution in [1.29, 1.82) is 5.26 Å². The van der Waals surface area contributed by atoms with Crippen molar-refractivity contribution in [3.63, 3.8) is 0 Å². The van der Waals surface area contributed by atoms with Crippen molar-refractivity contribution in [3.8, 4) is 6.07 Å². The highest BCUT2D eigenvalue weighted by Gasteiger charge is 2.28. The summed E-state index contributed by atoms with van der Waals surface area (Å²) < 4.78 is 5.33. The molecule has 0 N–H and O–H groups in total. The number of nitro groups is 1. The first-order valence-electron chi connectivity index (χ1n) is 7.94. The Balaban J connectivity index is 1.76. The van der Waals surface area contributed by atoms with E-state index in [-0.39, 0.29) is 11.6 Å². The molecule has 0 radical (unpaired) electrons. The Hall–Kier alpha value is -3.15. The third-order valence-electron chi connectivity index (χ3n) is 4.32. The lowest BCUT2D eigenvalue weighted by Gasteiger charge is -2.31. The predicted octanol–water partition coefficient (Wildman–Crippen LogP) is 2.30. The molecule has 0 saturated carbocycles. The van der Waals surface area contributed by atoms with E-state index in [9.17, 15) is 10.1 Å².